The first kappa shape index (κ1) is 15.9. The molecule has 0 spiro atoms. The highest BCUT2D eigenvalue weighted by molar-refractivity contribution is 6.37. The molecule has 5 heteroatoms. The topological polar surface area (TPSA) is 46.3 Å². The maximum Gasteiger partial charge on any atom is 0.222 e. The monoisotopic (exact) mass is 340 g/mol. The van der Waals surface area contributed by atoms with Crippen molar-refractivity contribution in [3.8, 4) is 0 Å². The molecule has 1 amide bonds. The van der Waals surface area contributed by atoms with E-state index in [9.17, 15) is 4.79 Å². The Bertz CT molecular complexity index is 576. The molecule has 2 fully saturated rings. The van der Waals surface area contributed by atoms with E-state index >= 15 is 0 Å². The third kappa shape index (κ3) is 3.21. The average Bonchev–Trinajstić information content (AvgIpc) is 2.94. The molecule has 2 aliphatic rings. The van der Waals surface area contributed by atoms with Gasteiger partial charge in [-0.2, -0.15) is 0 Å². The normalized spacial score (nSPS) is 25.7. The molecule has 3 nitrogen and oxygen atoms in total. The van der Waals surface area contributed by atoms with Crippen LogP contribution in [-0.4, -0.2) is 23.4 Å². The van der Waals surface area contributed by atoms with E-state index in [1.807, 2.05) is 6.07 Å². The van der Waals surface area contributed by atoms with Gasteiger partial charge in [0.1, 0.15) is 0 Å². The maximum absolute atomic E-state index is 12.0. The van der Waals surface area contributed by atoms with Crippen molar-refractivity contribution in [1.29, 1.82) is 0 Å². The van der Waals surface area contributed by atoms with Gasteiger partial charge in [0.2, 0.25) is 5.91 Å². The fourth-order valence-electron chi connectivity index (χ4n) is 3.88. The minimum Gasteiger partial charge on any atom is -0.398 e. The van der Waals surface area contributed by atoms with E-state index in [0.717, 1.165) is 44.2 Å². The third-order valence-electron chi connectivity index (χ3n) is 5.01. The molecule has 2 unspecified atom stereocenters. The second-order valence-electron chi connectivity index (χ2n) is 6.51. The lowest BCUT2D eigenvalue weighted by molar-refractivity contribution is -0.130. The maximum atomic E-state index is 12.0. The van der Waals surface area contributed by atoms with Crippen LogP contribution in [0.3, 0.4) is 0 Å². The number of carbonyl (C=O) groups excluding carboxylic acids is 1. The predicted molar refractivity (Wildman–Crippen MR) is 91.3 cm³/mol. The van der Waals surface area contributed by atoms with Gasteiger partial charge >= 0.3 is 0 Å². The molecule has 1 heterocycles. The van der Waals surface area contributed by atoms with Crippen molar-refractivity contribution in [2.75, 3.05) is 12.3 Å². The van der Waals surface area contributed by atoms with Crippen molar-refractivity contribution < 1.29 is 4.79 Å². The summed E-state index contributed by atoms with van der Waals surface area (Å²) >= 11 is 12.6. The van der Waals surface area contributed by atoms with Gasteiger partial charge in [0, 0.05) is 24.0 Å². The van der Waals surface area contributed by atoms with Crippen molar-refractivity contribution in [2.24, 2.45) is 5.92 Å². The number of likely N-dealkylation sites (tertiary alicyclic amines) is 1. The summed E-state index contributed by atoms with van der Waals surface area (Å²) in [6.45, 7) is 0.927. The lowest BCUT2D eigenvalue weighted by atomic mass is 9.81. The average molecular weight is 341 g/mol. The molecule has 0 bridgehead atoms. The van der Waals surface area contributed by atoms with Crippen LogP contribution in [0.25, 0.3) is 0 Å². The number of halogens is 2. The Hall–Kier alpha value is -0.930. The molecule has 1 aliphatic carbocycles. The van der Waals surface area contributed by atoms with Crippen LogP contribution in [-0.2, 0) is 11.2 Å². The number of amides is 1. The second-order valence-corrected chi connectivity index (χ2v) is 7.30. The summed E-state index contributed by atoms with van der Waals surface area (Å²) in [4.78, 5) is 14.1. The molecule has 1 aliphatic heterocycles. The number of anilines is 1. The fraction of sp³-hybridized carbons (Fsp3) is 0.588. The molecule has 2 N–H and O–H groups in total. The Morgan fingerprint density at radius 3 is 2.77 bits per heavy atom. The van der Waals surface area contributed by atoms with Crippen LogP contribution in [0, 0.1) is 5.92 Å². The zero-order valence-electron chi connectivity index (χ0n) is 12.7. The zero-order valence-corrected chi connectivity index (χ0v) is 14.2. The molecule has 1 saturated heterocycles. The third-order valence-corrected chi connectivity index (χ3v) is 5.82. The minimum atomic E-state index is 0.325. The molecule has 0 radical (unpaired) electrons. The predicted octanol–water partition coefficient (Wildman–Crippen LogP) is 4.30. The number of hydrogen-bond acceptors (Lipinski definition) is 2. The lowest BCUT2D eigenvalue weighted by Crippen LogP contribution is -2.39. The number of nitrogen functional groups attached to an aromatic ring is 1. The summed E-state index contributed by atoms with van der Waals surface area (Å²) in [6, 6.07) is 3.97. The Balaban J connectivity index is 1.71. The first-order chi connectivity index (χ1) is 10.6. The Morgan fingerprint density at radius 2 is 2.05 bits per heavy atom. The number of nitrogens with zero attached hydrogens (tertiary/aromatic N) is 1. The van der Waals surface area contributed by atoms with Crippen molar-refractivity contribution in [3.63, 3.8) is 0 Å². The van der Waals surface area contributed by atoms with Gasteiger partial charge in [-0.15, -0.1) is 0 Å². The molecule has 1 aromatic carbocycles. The van der Waals surface area contributed by atoms with Crippen molar-refractivity contribution in [3.05, 3.63) is 27.7 Å². The first-order valence-corrected chi connectivity index (χ1v) is 8.83. The van der Waals surface area contributed by atoms with E-state index in [1.165, 1.54) is 6.42 Å². The van der Waals surface area contributed by atoms with Gasteiger partial charge in [-0.3, -0.25) is 4.79 Å². The van der Waals surface area contributed by atoms with Gasteiger partial charge in [0.25, 0.3) is 0 Å². The molecule has 22 heavy (non-hydrogen) atoms. The summed E-state index contributed by atoms with van der Waals surface area (Å²) in [7, 11) is 0. The molecule has 1 saturated carbocycles. The highest BCUT2D eigenvalue weighted by atomic mass is 35.5. The van der Waals surface area contributed by atoms with Gasteiger partial charge < -0.3 is 10.6 Å². The standard InChI is InChI=1S/C17H22Cl2N2O/c18-14-6-7-15(20)17(19)13(14)10-11-3-1-4-12(9-11)21-8-2-5-16(21)22/h6-7,11-12H,1-5,8-10,20H2. The van der Waals surface area contributed by atoms with Gasteiger partial charge in [-0.05, 0) is 55.7 Å². The number of carbonyl (C=O) groups is 1. The van der Waals surface area contributed by atoms with Crippen LogP contribution >= 0.6 is 23.2 Å². The van der Waals surface area contributed by atoms with Crippen LogP contribution < -0.4 is 5.73 Å². The summed E-state index contributed by atoms with van der Waals surface area (Å²) < 4.78 is 0. The quantitative estimate of drug-likeness (QED) is 0.833. The van der Waals surface area contributed by atoms with E-state index in [2.05, 4.69) is 4.90 Å². The van der Waals surface area contributed by atoms with E-state index in [4.69, 9.17) is 28.9 Å². The van der Waals surface area contributed by atoms with E-state index in [-0.39, 0.29) is 0 Å². The molecule has 120 valence electrons. The highest BCUT2D eigenvalue weighted by Gasteiger charge is 2.32. The summed E-state index contributed by atoms with van der Waals surface area (Å²) in [5.74, 6) is 0.842. The lowest BCUT2D eigenvalue weighted by Gasteiger charge is -2.35. The van der Waals surface area contributed by atoms with Crippen LogP contribution in [0.2, 0.25) is 10.0 Å². The highest BCUT2D eigenvalue weighted by Crippen LogP contribution is 2.37. The summed E-state index contributed by atoms with van der Waals surface area (Å²) in [5.41, 5.74) is 7.44. The van der Waals surface area contributed by atoms with Gasteiger partial charge in [0.15, 0.2) is 0 Å². The first-order valence-electron chi connectivity index (χ1n) is 8.08. The van der Waals surface area contributed by atoms with Crippen LogP contribution in [0.1, 0.15) is 44.1 Å². The van der Waals surface area contributed by atoms with Crippen LogP contribution in [0.5, 0.6) is 0 Å². The Morgan fingerprint density at radius 1 is 1.23 bits per heavy atom. The van der Waals surface area contributed by atoms with E-state index < -0.39 is 0 Å². The number of nitrogens with two attached hydrogens (primary N) is 1. The second kappa shape index (κ2) is 6.67. The zero-order chi connectivity index (χ0) is 15.7. The van der Waals surface area contributed by atoms with Crippen molar-refractivity contribution in [1.82, 2.24) is 4.90 Å². The smallest absolute Gasteiger partial charge is 0.222 e. The molecular weight excluding hydrogens is 319 g/mol. The molecule has 3 rings (SSSR count). The number of benzene rings is 1. The summed E-state index contributed by atoms with van der Waals surface area (Å²) in [5, 5.41) is 1.28. The van der Waals surface area contributed by atoms with Crippen molar-refractivity contribution >= 4 is 34.8 Å². The van der Waals surface area contributed by atoms with Gasteiger partial charge in [-0.25, -0.2) is 0 Å². The Kier molecular flexibility index (Phi) is 4.84. The number of rotatable bonds is 3. The van der Waals surface area contributed by atoms with Crippen molar-refractivity contribution in [2.45, 2.75) is 51.0 Å². The largest absolute Gasteiger partial charge is 0.398 e. The van der Waals surface area contributed by atoms with Gasteiger partial charge in [0.05, 0.1) is 10.7 Å². The molecule has 1 aromatic rings. The van der Waals surface area contributed by atoms with E-state index in [0.29, 0.717) is 40.0 Å². The Labute approximate surface area is 141 Å². The molecule has 0 aromatic heterocycles. The van der Waals surface area contributed by atoms with Crippen LogP contribution in [0.15, 0.2) is 12.1 Å². The summed E-state index contributed by atoms with van der Waals surface area (Å²) in [6.07, 6.45) is 7.08. The number of hydrogen-bond donors (Lipinski definition) is 1. The molecule has 2 atom stereocenters. The molecular formula is C17H22Cl2N2O. The van der Waals surface area contributed by atoms with E-state index in [1.54, 1.807) is 6.07 Å². The van der Waals surface area contributed by atoms with Crippen LogP contribution in [0.4, 0.5) is 5.69 Å². The minimum absolute atomic E-state index is 0.325. The van der Waals surface area contributed by atoms with Gasteiger partial charge in [-0.1, -0.05) is 29.6 Å². The fourth-order valence-corrected chi connectivity index (χ4v) is 4.40. The SMILES string of the molecule is Nc1ccc(Cl)c(CC2CCCC(N3CCCC3=O)C2)c1Cl.